The number of carboxylic acid groups (broad SMARTS) is 1. The molecule has 0 amide bonds. The normalized spacial score (nSPS) is 20.1. The van der Waals surface area contributed by atoms with Crippen LogP contribution in [-0.2, 0) is 0 Å². The molecule has 1 saturated carbocycles. The molecule has 0 aromatic heterocycles. The Bertz CT molecular complexity index is 564. The average molecular weight is 240 g/mol. The second-order valence-electron chi connectivity index (χ2n) is 4.19. The third-order valence-electron chi connectivity index (χ3n) is 2.82. The van der Waals surface area contributed by atoms with Crippen LogP contribution >= 0.6 is 0 Å². The molecule has 90 valence electrons. The van der Waals surface area contributed by atoms with E-state index >= 15 is 0 Å². The first-order chi connectivity index (χ1) is 8.70. The summed E-state index contributed by atoms with van der Waals surface area (Å²) in [6.07, 6.45) is 0.957. The Morgan fingerprint density at radius 3 is 2.56 bits per heavy atom. The van der Waals surface area contributed by atoms with E-state index in [1.807, 2.05) is 0 Å². The van der Waals surface area contributed by atoms with Crippen LogP contribution in [0.5, 0.6) is 0 Å². The van der Waals surface area contributed by atoms with Gasteiger partial charge in [-0.15, -0.1) is 0 Å². The van der Waals surface area contributed by atoms with Crippen LogP contribution in [0.1, 0.15) is 22.3 Å². The number of aromatic carboxylic acids is 1. The lowest BCUT2D eigenvalue weighted by Gasteiger charge is -1.92. The van der Waals surface area contributed by atoms with Crippen LogP contribution in [0.25, 0.3) is 0 Å². The molecule has 3 nitrogen and oxygen atoms in total. The Morgan fingerprint density at radius 2 is 2.00 bits per heavy atom. The lowest BCUT2D eigenvalue weighted by molar-refractivity contribution is 0.0697. The molecule has 2 atom stereocenters. The van der Waals surface area contributed by atoms with Gasteiger partial charge in [0, 0.05) is 18.1 Å². The third-order valence-corrected chi connectivity index (χ3v) is 2.82. The summed E-state index contributed by atoms with van der Waals surface area (Å²) in [7, 11) is 0. The number of aliphatic hydroxyl groups excluding tert-OH is 1. The smallest absolute Gasteiger partial charge is 0.335 e. The molecule has 2 N–H and O–H groups in total. The van der Waals surface area contributed by atoms with Crippen molar-refractivity contribution in [3.05, 3.63) is 35.4 Å². The topological polar surface area (TPSA) is 57.5 Å². The lowest BCUT2D eigenvalue weighted by Crippen LogP contribution is -1.94. The molecule has 1 aromatic carbocycles. The van der Waals surface area contributed by atoms with Gasteiger partial charge in [0.15, 0.2) is 0 Å². The average Bonchev–Trinajstić information content (AvgIpc) is 3.14. The molecule has 1 aromatic rings. The van der Waals surface area contributed by atoms with Crippen LogP contribution in [-0.4, -0.2) is 22.8 Å². The largest absolute Gasteiger partial charge is 0.478 e. The van der Waals surface area contributed by atoms with E-state index in [9.17, 15) is 4.79 Å². The molecule has 1 fully saturated rings. The highest BCUT2D eigenvalue weighted by Crippen LogP contribution is 2.36. The predicted octanol–water partition coefficient (Wildman–Crippen LogP) is 1.37. The van der Waals surface area contributed by atoms with E-state index in [2.05, 4.69) is 23.7 Å². The van der Waals surface area contributed by atoms with E-state index in [1.54, 1.807) is 12.1 Å². The molecule has 2 rings (SSSR count). The minimum Gasteiger partial charge on any atom is -0.478 e. The second-order valence-corrected chi connectivity index (χ2v) is 4.19. The zero-order valence-electron chi connectivity index (χ0n) is 9.68. The van der Waals surface area contributed by atoms with Crippen molar-refractivity contribution in [2.24, 2.45) is 11.8 Å². The van der Waals surface area contributed by atoms with Gasteiger partial charge in [0.1, 0.15) is 0 Å². The van der Waals surface area contributed by atoms with Gasteiger partial charge in [-0.3, -0.25) is 0 Å². The van der Waals surface area contributed by atoms with Crippen LogP contribution in [0.3, 0.4) is 0 Å². The summed E-state index contributed by atoms with van der Waals surface area (Å²) in [5.41, 5.74) is 0.985. The molecule has 1 unspecified atom stereocenters. The molecule has 0 heterocycles. The molecule has 1 aliphatic rings. The molecule has 18 heavy (non-hydrogen) atoms. The van der Waals surface area contributed by atoms with E-state index < -0.39 is 5.97 Å². The highest BCUT2D eigenvalue weighted by atomic mass is 16.4. The SMILES string of the molecule is O=C(O)c1ccc(C#CC#CC2C[C@@H]2CO)cc1. The van der Waals surface area contributed by atoms with Crippen molar-refractivity contribution in [2.45, 2.75) is 6.42 Å². The first-order valence-corrected chi connectivity index (χ1v) is 5.66. The maximum absolute atomic E-state index is 10.6. The Morgan fingerprint density at radius 1 is 1.28 bits per heavy atom. The van der Waals surface area contributed by atoms with Gasteiger partial charge in [-0.25, -0.2) is 4.79 Å². The minimum absolute atomic E-state index is 0.198. The fourth-order valence-corrected chi connectivity index (χ4v) is 1.55. The van der Waals surface area contributed by atoms with Crippen LogP contribution in [0, 0.1) is 35.5 Å². The van der Waals surface area contributed by atoms with E-state index in [-0.39, 0.29) is 12.2 Å². The molecule has 3 heteroatoms. The number of hydrogen-bond acceptors (Lipinski definition) is 2. The van der Waals surface area contributed by atoms with Gasteiger partial charge in [-0.1, -0.05) is 11.8 Å². The van der Waals surface area contributed by atoms with Crippen LogP contribution in [0.4, 0.5) is 0 Å². The highest BCUT2D eigenvalue weighted by Gasteiger charge is 2.34. The Balaban J connectivity index is 1.96. The van der Waals surface area contributed by atoms with Crippen LogP contribution in [0.15, 0.2) is 24.3 Å². The quantitative estimate of drug-likeness (QED) is 0.767. The molecule has 1 aliphatic carbocycles. The van der Waals surface area contributed by atoms with Crippen molar-refractivity contribution >= 4 is 5.97 Å². The van der Waals surface area contributed by atoms with E-state index in [0.717, 1.165) is 12.0 Å². The van der Waals surface area contributed by atoms with Crippen molar-refractivity contribution < 1.29 is 15.0 Å². The van der Waals surface area contributed by atoms with Gasteiger partial charge in [0.25, 0.3) is 0 Å². The number of hydrogen-bond donors (Lipinski definition) is 2. The number of benzene rings is 1. The summed E-state index contributed by atoms with van der Waals surface area (Å²) < 4.78 is 0. The summed E-state index contributed by atoms with van der Waals surface area (Å²) in [6, 6.07) is 6.35. The summed E-state index contributed by atoms with van der Waals surface area (Å²) in [5.74, 6) is 11.0. The van der Waals surface area contributed by atoms with E-state index in [4.69, 9.17) is 10.2 Å². The maximum atomic E-state index is 10.6. The van der Waals surface area contributed by atoms with Crippen LogP contribution in [0.2, 0.25) is 0 Å². The molecular weight excluding hydrogens is 228 g/mol. The Labute approximate surface area is 105 Å². The molecule has 0 saturated heterocycles. The number of carboxylic acids is 1. The molecule has 0 radical (unpaired) electrons. The molecule has 0 aliphatic heterocycles. The summed E-state index contributed by atoms with van der Waals surface area (Å²) >= 11 is 0. The standard InChI is InChI=1S/C15H12O3/c16-10-14-9-13(14)4-2-1-3-11-5-7-12(8-6-11)15(17)18/h5-8,13-14,16H,9-10H2,(H,17,18)/t13?,14-/m1/s1. The zero-order valence-corrected chi connectivity index (χ0v) is 9.68. The van der Waals surface area contributed by atoms with Gasteiger partial charge in [-0.05, 0) is 48.4 Å². The first-order valence-electron chi connectivity index (χ1n) is 5.66. The van der Waals surface area contributed by atoms with Crippen molar-refractivity contribution in [2.75, 3.05) is 6.61 Å². The van der Waals surface area contributed by atoms with Crippen LogP contribution < -0.4 is 0 Å². The number of aliphatic hydroxyl groups is 1. The summed E-state index contributed by atoms with van der Waals surface area (Å²) in [4.78, 5) is 10.6. The summed E-state index contributed by atoms with van der Waals surface area (Å²) in [5, 5.41) is 17.6. The zero-order chi connectivity index (χ0) is 13.0. The van der Waals surface area contributed by atoms with Crippen molar-refractivity contribution in [1.29, 1.82) is 0 Å². The second kappa shape index (κ2) is 5.40. The van der Waals surface area contributed by atoms with Gasteiger partial charge >= 0.3 is 5.97 Å². The molecular formula is C15H12O3. The van der Waals surface area contributed by atoms with Crippen molar-refractivity contribution in [3.63, 3.8) is 0 Å². The Kier molecular flexibility index (Phi) is 3.67. The fraction of sp³-hybridized carbons (Fsp3) is 0.267. The van der Waals surface area contributed by atoms with Crippen molar-refractivity contribution in [1.82, 2.24) is 0 Å². The van der Waals surface area contributed by atoms with Gasteiger partial charge in [0.2, 0.25) is 0 Å². The third kappa shape index (κ3) is 3.13. The van der Waals surface area contributed by atoms with Gasteiger partial charge in [-0.2, -0.15) is 0 Å². The predicted molar refractivity (Wildman–Crippen MR) is 66.7 cm³/mol. The fourth-order valence-electron chi connectivity index (χ4n) is 1.55. The molecule has 0 spiro atoms. The monoisotopic (exact) mass is 240 g/mol. The maximum Gasteiger partial charge on any atom is 0.335 e. The van der Waals surface area contributed by atoms with E-state index in [1.165, 1.54) is 12.1 Å². The minimum atomic E-state index is -0.946. The summed E-state index contributed by atoms with van der Waals surface area (Å²) in [6.45, 7) is 0.198. The van der Waals surface area contributed by atoms with Gasteiger partial charge < -0.3 is 10.2 Å². The number of rotatable bonds is 2. The van der Waals surface area contributed by atoms with E-state index in [0.29, 0.717) is 11.8 Å². The highest BCUT2D eigenvalue weighted by molar-refractivity contribution is 5.87. The number of carbonyl (C=O) groups is 1. The van der Waals surface area contributed by atoms with Crippen molar-refractivity contribution in [3.8, 4) is 23.7 Å². The van der Waals surface area contributed by atoms with Gasteiger partial charge in [0.05, 0.1) is 5.56 Å². The Hall–Kier alpha value is -2.23. The first kappa shape index (κ1) is 12.2. The molecule has 0 bridgehead atoms. The lowest BCUT2D eigenvalue weighted by atomic mass is 10.1.